The minimum absolute atomic E-state index is 0.246. The molecule has 1 N–H and O–H groups in total. The van der Waals surface area contributed by atoms with Gasteiger partial charge in [0.05, 0.1) is 0 Å². The van der Waals surface area contributed by atoms with Crippen LogP contribution in [0.1, 0.15) is 54.4 Å². The van der Waals surface area contributed by atoms with Crippen molar-refractivity contribution in [3.05, 3.63) is 0 Å². The van der Waals surface area contributed by atoms with Gasteiger partial charge in [-0.25, -0.2) is 0 Å². The molecule has 1 heterocycles. The maximum absolute atomic E-state index is 3.59. The molecule has 1 rings (SSSR count). The molecule has 1 fully saturated rings. The van der Waals surface area contributed by atoms with E-state index in [1.807, 2.05) is 0 Å². The van der Waals surface area contributed by atoms with Gasteiger partial charge in [-0.3, -0.25) is 4.90 Å². The molecule has 2 nitrogen and oxygen atoms in total. The summed E-state index contributed by atoms with van der Waals surface area (Å²) in [6.07, 6.45) is 2.57. The van der Waals surface area contributed by atoms with Gasteiger partial charge in [0.1, 0.15) is 0 Å². The summed E-state index contributed by atoms with van der Waals surface area (Å²) in [5.74, 6) is 1.28. The Morgan fingerprint density at radius 2 is 1.94 bits per heavy atom. The van der Waals surface area contributed by atoms with Crippen molar-refractivity contribution in [2.45, 2.75) is 70.7 Å². The van der Waals surface area contributed by atoms with Gasteiger partial charge >= 0.3 is 0 Å². The SMILES string of the molecule is CC(CCNC(C)(C)C)N1CCSC(C)(C)CC1. The van der Waals surface area contributed by atoms with Crippen molar-refractivity contribution in [1.82, 2.24) is 10.2 Å². The average molecular weight is 273 g/mol. The highest BCUT2D eigenvalue weighted by Gasteiger charge is 2.25. The first-order valence-electron chi connectivity index (χ1n) is 7.33. The van der Waals surface area contributed by atoms with Gasteiger partial charge in [-0.15, -0.1) is 0 Å². The van der Waals surface area contributed by atoms with E-state index in [0.29, 0.717) is 10.8 Å². The van der Waals surface area contributed by atoms with Gasteiger partial charge in [0, 0.05) is 28.6 Å². The second kappa shape index (κ2) is 6.62. The molecule has 3 heteroatoms. The summed E-state index contributed by atoms with van der Waals surface area (Å²) in [5, 5.41) is 3.59. The lowest BCUT2D eigenvalue weighted by atomic mass is 10.1. The van der Waals surface area contributed by atoms with Crippen LogP contribution in [0.2, 0.25) is 0 Å². The first-order chi connectivity index (χ1) is 8.20. The Labute approximate surface area is 118 Å². The summed E-state index contributed by atoms with van der Waals surface area (Å²) in [6, 6.07) is 0.703. The van der Waals surface area contributed by atoms with E-state index in [2.05, 4.69) is 63.5 Å². The van der Waals surface area contributed by atoms with E-state index in [-0.39, 0.29) is 5.54 Å². The van der Waals surface area contributed by atoms with E-state index < -0.39 is 0 Å². The average Bonchev–Trinajstić information content (AvgIpc) is 2.37. The molecule has 0 aromatic heterocycles. The Hall–Kier alpha value is 0.270. The summed E-state index contributed by atoms with van der Waals surface area (Å²) >= 11 is 2.13. The zero-order chi connectivity index (χ0) is 13.8. The van der Waals surface area contributed by atoms with Gasteiger partial charge in [-0.2, -0.15) is 11.8 Å². The molecule has 1 aliphatic rings. The van der Waals surface area contributed by atoms with Gasteiger partial charge in [0.25, 0.3) is 0 Å². The third kappa shape index (κ3) is 6.44. The van der Waals surface area contributed by atoms with E-state index in [1.165, 1.54) is 31.7 Å². The van der Waals surface area contributed by atoms with Crippen molar-refractivity contribution in [2.24, 2.45) is 0 Å². The van der Waals surface area contributed by atoms with Crippen molar-refractivity contribution < 1.29 is 0 Å². The molecule has 0 aromatic rings. The van der Waals surface area contributed by atoms with Crippen LogP contribution >= 0.6 is 11.8 Å². The molecule has 0 aliphatic carbocycles. The molecule has 18 heavy (non-hydrogen) atoms. The van der Waals surface area contributed by atoms with Gasteiger partial charge in [-0.05, 0) is 53.6 Å². The smallest absolute Gasteiger partial charge is 0.0116 e. The van der Waals surface area contributed by atoms with Crippen molar-refractivity contribution in [1.29, 1.82) is 0 Å². The quantitative estimate of drug-likeness (QED) is 0.845. The van der Waals surface area contributed by atoms with Gasteiger partial charge in [-0.1, -0.05) is 13.8 Å². The van der Waals surface area contributed by atoms with Crippen LogP contribution in [-0.2, 0) is 0 Å². The van der Waals surface area contributed by atoms with Crippen molar-refractivity contribution in [3.63, 3.8) is 0 Å². The summed E-state index contributed by atoms with van der Waals surface area (Å²) in [4.78, 5) is 2.67. The zero-order valence-corrected chi connectivity index (χ0v) is 14.0. The molecule has 1 saturated heterocycles. The van der Waals surface area contributed by atoms with Crippen LogP contribution in [0, 0.1) is 0 Å². The van der Waals surface area contributed by atoms with E-state index in [4.69, 9.17) is 0 Å². The van der Waals surface area contributed by atoms with E-state index in [0.717, 1.165) is 6.54 Å². The fourth-order valence-corrected chi connectivity index (χ4v) is 3.43. The molecule has 1 unspecified atom stereocenters. The van der Waals surface area contributed by atoms with Gasteiger partial charge in [0.15, 0.2) is 0 Å². The predicted molar refractivity (Wildman–Crippen MR) is 84.6 cm³/mol. The van der Waals surface area contributed by atoms with Crippen LogP contribution in [-0.4, -0.2) is 46.6 Å². The van der Waals surface area contributed by atoms with Gasteiger partial charge in [0.2, 0.25) is 0 Å². The number of thioether (sulfide) groups is 1. The highest BCUT2D eigenvalue weighted by molar-refractivity contribution is 8.00. The van der Waals surface area contributed by atoms with Crippen molar-refractivity contribution >= 4 is 11.8 Å². The van der Waals surface area contributed by atoms with Crippen LogP contribution in [0.4, 0.5) is 0 Å². The Morgan fingerprint density at radius 1 is 1.28 bits per heavy atom. The molecule has 0 saturated carbocycles. The van der Waals surface area contributed by atoms with Crippen LogP contribution in [0.25, 0.3) is 0 Å². The van der Waals surface area contributed by atoms with Crippen LogP contribution in [0.5, 0.6) is 0 Å². The topological polar surface area (TPSA) is 15.3 Å². The number of rotatable bonds is 4. The number of nitrogens with zero attached hydrogens (tertiary/aromatic N) is 1. The second-order valence-corrected chi connectivity index (χ2v) is 9.01. The molecule has 0 amide bonds. The van der Waals surface area contributed by atoms with Gasteiger partial charge < -0.3 is 5.32 Å². The van der Waals surface area contributed by atoms with Crippen LogP contribution in [0.3, 0.4) is 0 Å². The van der Waals surface area contributed by atoms with E-state index in [9.17, 15) is 0 Å². The lowest BCUT2D eigenvalue weighted by molar-refractivity contribution is 0.204. The third-order valence-electron chi connectivity index (χ3n) is 3.71. The number of hydrogen-bond donors (Lipinski definition) is 1. The molecule has 0 aromatic carbocycles. The minimum Gasteiger partial charge on any atom is -0.312 e. The standard InChI is InChI=1S/C15H32N2S/c1-13(7-9-16-14(2,3)4)17-10-8-15(5,6)18-12-11-17/h13,16H,7-12H2,1-6H3. The van der Waals surface area contributed by atoms with Crippen LogP contribution in [0.15, 0.2) is 0 Å². The van der Waals surface area contributed by atoms with Crippen molar-refractivity contribution in [3.8, 4) is 0 Å². The lowest BCUT2D eigenvalue weighted by Gasteiger charge is -2.29. The first kappa shape index (κ1) is 16.3. The second-order valence-electron chi connectivity index (χ2n) is 7.21. The fourth-order valence-electron chi connectivity index (χ4n) is 2.32. The third-order valence-corrected chi connectivity index (χ3v) is 5.09. The Morgan fingerprint density at radius 3 is 2.56 bits per heavy atom. The summed E-state index contributed by atoms with van der Waals surface area (Å²) in [5.41, 5.74) is 0.246. The zero-order valence-electron chi connectivity index (χ0n) is 13.2. The Balaban J connectivity index is 2.31. The minimum atomic E-state index is 0.246. The summed E-state index contributed by atoms with van der Waals surface area (Å²) in [6.45, 7) is 17.5. The molecular formula is C15H32N2S. The Bertz CT molecular complexity index is 245. The first-order valence-corrected chi connectivity index (χ1v) is 8.31. The maximum atomic E-state index is 3.59. The molecular weight excluding hydrogens is 240 g/mol. The summed E-state index contributed by atoms with van der Waals surface area (Å²) < 4.78 is 0.470. The largest absolute Gasteiger partial charge is 0.312 e. The van der Waals surface area contributed by atoms with E-state index in [1.54, 1.807) is 0 Å². The lowest BCUT2D eigenvalue weighted by Crippen LogP contribution is -2.41. The molecule has 108 valence electrons. The predicted octanol–water partition coefficient (Wildman–Crippen LogP) is 3.37. The number of hydrogen-bond acceptors (Lipinski definition) is 3. The molecule has 0 radical (unpaired) electrons. The number of nitrogens with one attached hydrogen (secondary N) is 1. The molecule has 0 bridgehead atoms. The Kier molecular flexibility index (Phi) is 6.01. The normalized spacial score (nSPS) is 23.7. The molecule has 1 atom stereocenters. The van der Waals surface area contributed by atoms with E-state index >= 15 is 0 Å². The maximum Gasteiger partial charge on any atom is 0.0116 e. The highest BCUT2D eigenvalue weighted by atomic mass is 32.2. The fraction of sp³-hybridized carbons (Fsp3) is 1.00. The van der Waals surface area contributed by atoms with Crippen molar-refractivity contribution in [2.75, 3.05) is 25.4 Å². The molecule has 0 spiro atoms. The molecule has 1 aliphatic heterocycles. The monoisotopic (exact) mass is 272 g/mol. The summed E-state index contributed by atoms with van der Waals surface area (Å²) in [7, 11) is 0. The van der Waals surface area contributed by atoms with Crippen LogP contribution < -0.4 is 5.32 Å². The highest BCUT2D eigenvalue weighted by Crippen LogP contribution is 2.31.